The molecule has 2 heterocycles. The maximum absolute atomic E-state index is 13.4. The third-order valence-corrected chi connectivity index (χ3v) is 8.28. The summed E-state index contributed by atoms with van der Waals surface area (Å²) in [6, 6.07) is 18.1. The average Bonchev–Trinajstić information content (AvgIpc) is 2.74. The molecule has 0 bridgehead atoms. The van der Waals surface area contributed by atoms with E-state index >= 15 is 0 Å². The molecule has 2 aromatic carbocycles. The molecule has 4 rings (SSSR count). The van der Waals surface area contributed by atoms with Gasteiger partial charge in [0.15, 0.2) is 0 Å². The molecule has 154 valence electrons. The van der Waals surface area contributed by atoms with E-state index in [1.54, 1.807) is 0 Å². The molecule has 1 unspecified atom stereocenters. The molecule has 6 heteroatoms. The number of nitrogens with zero attached hydrogens (tertiary/aromatic N) is 2. The molecule has 2 aliphatic heterocycles. The first-order valence-corrected chi connectivity index (χ1v) is 12.6. The minimum atomic E-state index is -1.98. The summed E-state index contributed by atoms with van der Waals surface area (Å²) in [5.74, 6) is 5.11. The van der Waals surface area contributed by atoms with Crippen LogP contribution in [0.3, 0.4) is 0 Å². The fourth-order valence-electron chi connectivity index (χ4n) is 4.34. The van der Waals surface area contributed by atoms with Gasteiger partial charge in [-0.05, 0) is 58.1 Å². The Morgan fingerprint density at radius 2 is 1.66 bits per heavy atom. The first kappa shape index (κ1) is 20.3. The van der Waals surface area contributed by atoms with Crippen LogP contribution < -0.4 is 4.90 Å². The molecule has 2 saturated heterocycles. The maximum atomic E-state index is 13.4. The largest absolute Gasteiger partial charge is 0.367 e. The van der Waals surface area contributed by atoms with E-state index in [2.05, 4.69) is 22.9 Å². The van der Waals surface area contributed by atoms with Gasteiger partial charge in [-0.3, -0.25) is 9.00 Å². The van der Waals surface area contributed by atoms with Crippen molar-refractivity contribution in [2.45, 2.75) is 18.9 Å². The Balaban J connectivity index is 1.56. The van der Waals surface area contributed by atoms with E-state index in [9.17, 15) is 9.00 Å². The van der Waals surface area contributed by atoms with Gasteiger partial charge in [-0.2, -0.15) is 0 Å². The van der Waals surface area contributed by atoms with Crippen LogP contribution in [-0.2, 0) is 14.3 Å². The van der Waals surface area contributed by atoms with Gasteiger partial charge < -0.3 is 9.80 Å². The number of benzene rings is 2. The van der Waals surface area contributed by atoms with Crippen molar-refractivity contribution in [1.29, 1.82) is 0 Å². The molecule has 2 fully saturated rings. The van der Waals surface area contributed by atoms with Crippen LogP contribution in [0.15, 0.2) is 54.6 Å². The normalized spacial score (nSPS) is 27.6. The van der Waals surface area contributed by atoms with Gasteiger partial charge in [0.25, 0.3) is 0 Å². The highest BCUT2D eigenvalue weighted by atomic mass is 35.5. The van der Waals surface area contributed by atoms with Crippen molar-refractivity contribution in [3.05, 3.63) is 65.2 Å². The van der Waals surface area contributed by atoms with E-state index in [1.807, 2.05) is 47.4 Å². The van der Waals surface area contributed by atoms with Crippen LogP contribution in [0, 0.1) is 5.92 Å². The Hall–Kier alpha value is -1.98. The maximum Gasteiger partial charge on any atom is 0.226 e. The molecule has 1 atom stereocenters. The number of hydrogen-bond donors (Lipinski definition) is 0. The van der Waals surface area contributed by atoms with Crippen LogP contribution in [0.25, 0.3) is 0 Å². The molecule has 0 N–H and O–H groups in total. The fourth-order valence-corrected chi connectivity index (χ4v) is 6.09. The lowest BCUT2D eigenvalue weighted by Gasteiger charge is -2.44. The lowest BCUT2D eigenvalue weighted by molar-refractivity contribution is -0.138. The highest BCUT2D eigenvalue weighted by molar-refractivity contribution is 8.00. The molecule has 0 radical (unpaired) electrons. The van der Waals surface area contributed by atoms with Gasteiger partial charge in [-0.25, -0.2) is 0 Å². The van der Waals surface area contributed by atoms with Crippen molar-refractivity contribution in [2.75, 3.05) is 36.0 Å². The molecule has 1 amide bonds. The first-order valence-electron chi connectivity index (χ1n) is 10.1. The monoisotopic (exact) mass is 430 g/mol. The van der Waals surface area contributed by atoms with E-state index in [4.69, 9.17) is 11.6 Å². The fraction of sp³-hybridized carbons (Fsp3) is 0.391. The van der Waals surface area contributed by atoms with Crippen molar-refractivity contribution in [2.24, 2.45) is 5.92 Å². The van der Waals surface area contributed by atoms with Gasteiger partial charge in [0, 0.05) is 47.8 Å². The van der Waals surface area contributed by atoms with Crippen molar-refractivity contribution >= 4 is 38.6 Å². The van der Waals surface area contributed by atoms with Crippen molar-refractivity contribution in [1.82, 2.24) is 4.90 Å². The van der Waals surface area contributed by atoms with Crippen molar-refractivity contribution < 1.29 is 9.00 Å². The second-order valence-corrected chi connectivity index (χ2v) is 11.2. The zero-order chi connectivity index (χ0) is 20.4. The molecular weight excluding hydrogens is 404 g/mol. The van der Waals surface area contributed by atoms with Crippen LogP contribution in [-0.4, -0.2) is 52.0 Å². The van der Waals surface area contributed by atoms with Crippen LogP contribution in [0.1, 0.15) is 24.4 Å². The minimum Gasteiger partial charge on any atom is -0.367 e. The lowest BCUT2D eigenvalue weighted by atomic mass is 9.96. The highest BCUT2D eigenvalue weighted by Gasteiger charge is 2.36. The molecule has 0 spiro atoms. The van der Waals surface area contributed by atoms with Crippen LogP contribution in [0.2, 0.25) is 5.02 Å². The standard InChI is InChI=1S/C23H27ClN2O2S/c1-29(28)15-11-19(12-16-29)23(27)26-14-13-25(21-9-7-20(24)8-10-21)17-22(26)18-5-3-2-4-6-18/h2-10,19,22H,1,11-17H2. The van der Waals surface area contributed by atoms with E-state index in [-0.39, 0.29) is 17.9 Å². The average molecular weight is 431 g/mol. The summed E-state index contributed by atoms with van der Waals surface area (Å²) >= 11 is 6.05. The number of anilines is 1. The van der Waals surface area contributed by atoms with Crippen molar-refractivity contribution in [3.8, 4) is 0 Å². The van der Waals surface area contributed by atoms with Gasteiger partial charge in [-0.1, -0.05) is 41.9 Å². The van der Waals surface area contributed by atoms with E-state index in [0.29, 0.717) is 30.9 Å². The molecule has 2 aromatic rings. The summed E-state index contributed by atoms with van der Waals surface area (Å²) in [5.41, 5.74) is 2.27. The molecular formula is C23H27ClN2O2S. The van der Waals surface area contributed by atoms with Gasteiger partial charge in [0.05, 0.1) is 6.04 Å². The minimum absolute atomic E-state index is 0.000776. The number of halogens is 1. The summed E-state index contributed by atoms with van der Waals surface area (Å²) in [6.45, 7) is 2.21. The van der Waals surface area contributed by atoms with Crippen LogP contribution >= 0.6 is 11.6 Å². The second kappa shape index (κ2) is 8.41. The molecule has 2 aliphatic rings. The summed E-state index contributed by atoms with van der Waals surface area (Å²) in [7, 11) is -1.98. The number of amides is 1. The Kier molecular flexibility index (Phi) is 5.88. The first-order chi connectivity index (χ1) is 13.9. The predicted molar refractivity (Wildman–Crippen MR) is 122 cm³/mol. The predicted octanol–water partition coefficient (Wildman–Crippen LogP) is 3.86. The van der Waals surface area contributed by atoms with Crippen LogP contribution in [0.4, 0.5) is 5.69 Å². The summed E-state index contributed by atoms with van der Waals surface area (Å²) in [6.07, 6.45) is 1.36. The number of rotatable bonds is 3. The van der Waals surface area contributed by atoms with Crippen molar-refractivity contribution in [3.63, 3.8) is 0 Å². The van der Waals surface area contributed by atoms with Gasteiger partial charge in [-0.15, -0.1) is 0 Å². The summed E-state index contributed by atoms with van der Waals surface area (Å²) < 4.78 is 12.2. The number of carbonyl (C=O) groups excluding carboxylic acids is 1. The molecule has 0 aliphatic carbocycles. The smallest absolute Gasteiger partial charge is 0.226 e. The second-order valence-electron chi connectivity index (χ2n) is 8.03. The molecule has 0 aromatic heterocycles. The molecule has 29 heavy (non-hydrogen) atoms. The summed E-state index contributed by atoms with van der Waals surface area (Å²) in [4.78, 5) is 17.8. The third kappa shape index (κ3) is 4.62. The Bertz CT molecular complexity index is 946. The number of piperazine rings is 1. The Morgan fingerprint density at radius 1 is 1.00 bits per heavy atom. The summed E-state index contributed by atoms with van der Waals surface area (Å²) in [5, 5.41) is 0.724. The quantitative estimate of drug-likeness (QED) is 0.694. The molecule has 4 nitrogen and oxygen atoms in total. The van der Waals surface area contributed by atoms with Gasteiger partial charge >= 0.3 is 0 Å². The van der Waals surface area contributed by atoms with Gasteiger partial charge in [0.1, 0.15) is 0 Å². The number of carbonyl (C=O) groups is 1. The molecule has 0 saturated carbocycles. The van der Waals surface area contributed by atoms with E-state index in [0.717, 1.165) is 29.4 Å². The van der Waals surface area contributed by atoms with E-state index in [1.165, 1.54) is 0 Å². The SMILES string of the molecule is C=S1(=O)CCC(C(=O)N2CCN(c3ccc(Cl)cc3)CC2c2ccccc2)CC1. The lowest BCUT2D eigenvalue weighted by Crippen LogP contribution is -2.53. The zero-order valence-electron chi connectivity index (χ0n) is 16.5. The Labute approximate surface area is 178 Å². The van der Waals surface area contributed by atoms with Gasteiger partial charge in [0.2, 0.25) is 5.91 Å². The zero-order valence-corrected chi connectivity index (χ0v) is 18.1. The van der Waals surface area contributed by atoms with Crippen LogP contribution in [0.5, 0.6) is 0 Å². The Morgan fingerprint density at radius 3 is 2.31 bits per heavy atom. The number of hydrogen-bond acceptors (Lipinski definition) is 3. The van der Waals surface area contributed by atoms with E-state index < -0.39 is 9.52 Å². The third-order valence-electron chi connectivity index (χ3n) is 6.07. The topological polar surface area (TPSA) is 40.6 Å². The highest BCUT2D eigenvalue weighted by Crippen LogP contribution is 2.32.